The first-order valence-electron chi connectivity index (χ1n) is 9.79. The number of aromatic nitrogens is 3. The van der Waals surface area contributed by atoms with Gasteiger partial charge in [0.25, 0.3) is 0 Å². The van der Waals surface area contributed by atoms with E-state index in [1.54, 1.807) is 0 Å². The van der Waals surface area contributed by atoms with Crippen LogP contribution in [0, 0.1) is 0 Å². The van der Waals surface area contributed by atoms with Crippen LogP contribution in [0.3, 0.4) is 0 Å². The average Bonchev–Trinajstić information content (AvgIpc) is 2.74. The lowest BCUT2D eigenvalue weighted by atomic mass is 9.96. The molecule has 2 aliphatic rings. The number of hydrogen-bond donors (Lipinski definition) is 1. The molecule has 0 bridgehead atoms. The van der Waals surface area contributed by atoms with Crippen LogP contribution in [0.25, 0.3) is 0 Å². The van der Waals surface area contributed by atoms with Gasteiger partial charge in [-0.2, -0.15) is 0 Å². The van der Waals surface area contributed by atoms with Gasteiger partial charge in [0.05, 0.1) is 6.10 Å². The summed E-state index contributed by atoms with van der Waals surface area (Å²) in [7, 11) is 2.15. The van der Waals surface area contributed by atoms with Crippen molar-refractivity contribution in [2.24, 2.45) is 0 Å². The van der Waals surface area contributed by atoms with E-state index in [1.165, 1.54) is 5.56 Å². The average molecular weight is 368 g/mol. The second-order valence-electron chi connectivity index (χ2n) is 7.38. The lowest BCUT2D eigenvalue weighted by molar-refractivity contribution is -0.0112. The Labute approximate surface area is 160 Å². The Hall–Kier alpha value is -2.09. The first-order valence-corrected chi connectivity index (χ1v) is 9.79. The Morgan fingerprint density at radius 1 is 1.11 bits per heavy atom. The summed E-state index contributed by atoms with van der Waals surface area (Å²) in [6, 6.07) is 4.37. The zero-order chi connectivity index (χ0) is 18.5. The third-order valence-corrected chi connectivity index (χ3v) is 5.40. The normalized spacial score (nSPS) is 24.1. The van der Waals surface area contributed by atoms with Gasteiger partial charge in [0.1, 0.15) is 0 Å². The van der Waals surface area contributed by atoms with Crippen LogP contribution >= 0.6 is 0 Å². The summed E-state index contributed by atoms with van der Waals surface area (Å²) in [6.07, 6.45) is 9.81. The molecule has 7 heteroatoms. The minimum Gasteiger partial charge on any atom is -0.372 e. The lowest BCUT2D eigenvalue weighted by Crippen LogP contribution is -2.45. The first kappa shape index (κ1) is 18.3. The summed E-state index contributed by atoms with van der Waals surface area (Å²) < 4.78 is 6.04. The van der Waals surface area contributed by atoms with Gasteiger partial charge in [0, 0.05) is 75.7 Å². The van der Waals surface area contributed by atoms with Gasteiger partial charge in [0.2, 0.25) is 5.95 Å². The molecular formula is C20H28N6O. The summed E-state index contributed by atoms with van der Waals surface area (Å²) in [5, 5.41) is 3.65. The SMILES string of the molecule is CN1CCN(c2ncc(CN[C@H]3CCCO[C@@H]3c3ccncc3)cn2)CC1. The third-order valence-electron chi connectivity index (χ3n) is 5.40. The van der Waals surface area contributed by atoms with Crippen LogP contribution in [0.2, 0.25) is 0 Å². The molecule has 2 aliphatic heterocycles. The van der Waals surface area contributed by atoms with E-state index in [2.05, 4.69) is 37.1 Å². The third kappa shape index (κ3) is 4.61. The summed E-state index contributed by atoms with van der Waals surface area (Å²) >= 11 is 0. The van der Waals surface area contributed by atoms with E-state index in [1.807, 2.05) is 36.9 Å². The molecule has 2 saturated heterocycles. The molecule has 0 saturated carbocycles. The van der Waals surface area contributed by atoms with Crippen molar-refractivity contribution in [3.05, 3.63) is 48.0 Å². The molecule has 144 valence electrons. The molecule has 27 heavy (non-hydrogen) atoms. The van der Waals surface area contributed by atoms with E-state index in [4.69, 9.17) is 4.74 Å². The number of nitrogens with zero attached hydrogens (tertiary/aromatic N) is 5. The van der Waals surface area contributed by atoms with E-state index in [9.17, 15) is 0 Å². The van der Waals surface area contributed by atoms with E-state index in [-0.39, 0.29) is 6.10 Å². The largest absolute Gasteiger partial charge is 0.372 e. The fourth-order valence-electron chi connectivity index (χ4n) is 3.73. The summed E-state index contributed by atoms with van der Waals surface area (Å²) in [6.45, 7) is 5.66. The number of likely N-dealkylation sites (N-methyl/N-ethyl adjacent to an activating group) is 1. The molecule has 4 rings (SSSR count). The molecule has 2 aromatic heterocycles. The first-order chi connectivity index (χ1) is 13.3. The Kier molecular flexibility index (Phi) is 5.91. The van der Waals surface area contributed by atoms with Gasteiger partial charge in [0.15, 0.2) is 0 Å². The molecule has 0 aromatic carbocycles. The predicted octanol–water partition coefficient (Wildman–Crippen LogP) is 1.63. The second kappa shape index (κ2) is 8.73. The molecule has 0 unspecified atom stereocenters. The molecule has 7 nitrogen and oxygen atoms in total. The number of piperazine rings is 1. The highest BCUT2D eigenvalue weighted by Gasteiger charge is 2.27. The maximum absolute atomic E-state index is 6.04. The molecule has 0 radical (unpaired) electrons. The van der Waals surface area contributed by atoms with Crippen molar-refractivity contribution >= 4 is 5.95 Å². The van der Waals surface area contributed by atoms with E-state index in [0.717, 1.165) is 63.7 Å². The fraction of sp³-hybridized carbons (Fsp3) is 0.550. The number of anilines is 1. The Balaban J connectivity index is 1.35. The molecule has 0 amide bonds. The van der Waals surface area contributed by atoms with Crippen molar-refractivity contribution < 1.29 is 4.74 Å². The van der Waals surface area contributed by atoms with Crippen LogP contribution in [0.1, 0.15) is 30.1 Å². The van der Waals surface area contributed by atoms with Gasteiger partial charge in [-0.25, -0.2) is 9.97 Å². The van der Waals surface area contributed by atoms with Crippen LogP contribution < -0.4 is 10.2 Å². The molecule has 2 aromatic rings. The second-order valence-corrected chi connectivity index (χ2v) is 7.38. The quantitative estimate of drug-likeness (QED) is 0.860. The van der Waals surface area contributed by atoms with E-state index >= 15 is 0 Å². The molecular weight excluding hydrogens is 340 g/mol. The zero-order valence-electron chi connectivity index (χ0n) is 15.9. The molecule has 0 spiro atoms. The monoisotopic (exact) mass is 368 g/mol. The number of hydrogen-bond acceptors (Lipinski definition) is 7. The number of rotatable bonds is 5. The van der Waals surface area contributed by atoms with E-state index < -0.39 is 0 Å². The standard InChI is InChI=1S/C20H28N6O/c1-25-8-10-26(11-9-25)20-23-14-16(15-24-20)13-22-18-3-2-12-27-19(18)17-4-6-21-7-5-17/h4-7,14-15,18-19,22H,2-3,8-13H2,1H3/t18-,19+/m0/s1. The van der Waals surface area contributed by atoms with Crippen LogP contribution in [0.5, 0.6) is 0 Å². The lowest BCUT2D eigenvalue weighted by Gasteiger charge is -2.33. The molecule has 0 aliphatic carbocycles. The minimum atomic E-state index is 0.0762. The molecule has 2 fully saturated rings. The zero-order valence-corrected chi connectivity index (χ0v) is 15.9. The van der Waals surface area contributed by atoms with Gasteiger partial charge in [-0.1, -0.05) is 0 Å². The van der Waals surface area contributed by atoms with Crippen molar-refractivity contribution in [2.75, 3.05) is 44.7 Å². The number of ether oxygens (including phenoxy) is 1. The van der Waals surface area contributed by atoms with Gasteiger partial charge >= 0.3 is 0 Å². The fourth-order valence-corrected chi connectivity index (χ4v) is 3.73. The van der Waals surface area contributed by atoms with Crippen molar-refractivity contribution in [3.8, 4) is 0 Å². The predicted molar refractivity (Wildman–Crippen MR) is 105 cm³/mol. The van der Waals surface area contributed by atoms with Crippen LogP contribution in [-0.4, -0.2) is 65.7 Å². The van der Waals surface area contributed by atoms with Crippen molar-refractivity contribution in [1.29, 1.82) is 0 Å². The van der Waals surface area contributed by atoms with E-state index in [0.29, 0.717) is 6.04 Å². The van der Waals surface area contributed by atoms with Crippen molar-refractivity contribution in [3.63, 3.8) is 0 Å². The van der Waals surface area contributed by atoms with Crippen molar-refractivity contribution in [2.45, 2.75) is 31.5 Å². The minimum absolute atomic E-state index is 0.0762. The maximum Gasteiger partial charge on any atom is 0.225 e. The van der Waals surface area contributed by atoms with Gasteiger partial charge < -0.3 is 19.9 Å². The van der Waals surface area contributed by atoms with Gasteiger partial charge in [-0.05, 0) is 37.6 Å². The molecule has 4 heterocycles. The number of nitrogens with one attached hydrogen (secondary N) is 1. The molecule has 2 atom stereocenters. The topological polar surface area (TPSA) is 66.4 Å². The summed E-state index contributed by atoms with van der Waals surface area (Å²) in [5.41, 5.74) is 2.29. The van der Waals surface area contributed by atoms with Crippen LogP contribution in [0.4, 0.5) is 5.95 Å². The highest BCUT2D eigenvalue weighted by atomic mass is 16.5. The Morgan fingerprint density at radius 2 is 1.85 bits per heavy atom. The van der Waals surface area contributed by atoms with Gasteiger partial charge in [-0.3, -0.25) is 4.98 Å². The highest BCUT2D eigenvalue weighted by Crippen LogP contribution is 2.28. The smallest absolute Gasteiger partial charge is 0.225 e. The molecule has 1 N–H and O–H groups in total. The highest BCUT2D eigenvalue weighted by molar-refractivity contribution is 5.30. The summed E-state index contributed by atoms with van der Waals surface area (Å²) in [4.78, 5) is 17.9. The maximum atomic E-state index is 6.04. The van der Waals surface area contributed by atoms with Crippen LogP contribution in [0.15, 0.2) is 36.9 Å². The Bertz CT molecular complexity index is 702. The van der Waals surface area contributed by atoms with Crippen molar-refractivity contribution in [1.82, 2.24) is 25.2 Å². The van der Waals surface area contributed by atoms with Crippen LogP contribution in [-0.2, 0) is 11.3 Å². The number of pyridine rings is 1. The summed E-state index contributed by atoms with van der Waals surface area (Å²) in [5.74, 6) is 0.836. The van der Waals surface area contributed by atoms with Gasteiger partial charge in [-0.15, -0.1) is 0 Å². The Morgan fingerprint density at radius 3 is 2.59 bits per heavy atom.